The molecule has 1 aromatic rings. The van der Waals surface area contributed by atoms with E-state index in [1.807, 2.05) is 18.2 Å². The standard InChI is InChI=1S/C14H23NO2/c1-17-12-14(13-8-4-2-5-9-13)15-10-6-3-7-11-16/h2,4-5,8-9,14-16H,3,6-7,10-12H2,1H3. The number of hydrogen-bond donors (Lipinski definition) is 2. The number of hydrogen-bond acceptors (Lipinski definition) is 3. The minimum atomic E-state index is 0.260. The molecule has 2 N–H and O–H groups in total. The predicted octanol–water partition coefficient (Wildman–Crippen LogP) is 2.13. The first-order chi connectivity index (χ1) is 8.38. The van der Waals surface area contributed by atoms with Crippen molar-refractivity contribution in [2.45, 2.75) is 25.3 Å². The predicted molar refractivity (Wildman–Crippen MR) is 70.0 cm³/mol. The molecule has 0 aliphatic rings. The number of unbranched alkanes of at least 4 members (excludes halogenated alkanes) is 2. The first kappa shape index (κ1) is 14.2. The number of nitrogens with one attached hydrogen (secondary N) is 1. The number of benzene rings is 1. The second-order valence-corrected chi connectivity index (χ2v) is 4.16. The highest BCUT2D eigenvalue weighted by Gasteiger charge is 2.09. The summed E-state index contributed by atoms with van der Waals surface area (Å²) in [4.78, 5) is 0. The van der Waals surface area contributed by atoms with Crippen LogP contribution in [0.2, 0.25) is 0 Å². The Morgan fingerprint density at radius 1 is 1.18 bits per heavy atom. The van der Waals surface area contributed by atoms with Crippen LogP contribution in [0.5, 0.6) is 0 Å². The average molecular weight is 237 g/mol. The van der Waals surface area contributed by atoms with Crippen molar-refractivity contribution in [1.82, 2.24) is 5.32 Å². The second-order valence-electron chi connectivity index (χ2n) is 4.16. The van der Waals surface area contributed by atoms with E-state index in [0.717, 1.165) is 25.8 Å². The largest absolute Gasteiger partial charge is 0.396 e. The Labute approximate surface area is 104 Å². The summed E-state index contributed by atoms with van der Waals surface area (Å²) in [6.45, 7) is 1.94. The molecule has 0 saturated carbocycles. The third-order valence-corrected chi connectivity index (χ3v) is 2.76. The van der Waals surface area contributed by atoms with Crippen LogP contribution in [0, 0.1) is 0 Å². The van der Waals surface area contributed by atoms with E-state index in [1.165, 1.54) is 5.56 Å². The van der Waals surface area contributed by atoms with E-state index in [-0.39, 0.29) is 6.04 Å². The SMILES string of the molecule is COCC(NCCCCCO)c1ccccc1. The third-order valence-electron chi connectivity index (χ3n) is 2.76. The van der Waals surface area contributed by atoms with Crippen LogP contribution < -0.4 is 5.32 Å². The summed E-state index contributed by atoms with van der Waals surface area (Å²) in [6.07, 6.45) is 3.05. The van der Waals surface area contributed by atoms with Crippen molar-refractivity contribution in [2.75, 3.05) is 26.9 Å². The fourth-order valence-corrected chi connectivity index (χ4v) is 1.81. The van der Waals surface area contributed by atoms with Gasteiger partial charge in [-0.3, -0.25) is 0 Å². The van der Waals surface area contributed by atoms with Gasteiger partial charge in [0, 0.05) is 13.7 Å². The van der Waals surface area contributed by atoms with E-state index >= 15 is 0 Å². The minimum absolute atomic E-state index is 0.260. The monoisotopic (exact) mass is 237 g/mol. The van der Waals surface area contributed by atoms with Crippen molar-refractivity contribution < 1.29 is 9.84 Å². The molecule has 96 valence electrons. The normalized spacial score (nSPS) is 12.6. The molecule has 0 fully saturated rings. The van der Waals surface area contributed by atoms with Gasteiger partial charge in [-0.2, -0.15) is 0 Å². The number of methoxy groups -OCH3 is 1. The maximum atomic E-state index is 8.70. The van der Waals surface area contributed by atoms with Crippen molar-refractivity contribution >= 4 is 0 Å². The molecule has 0 aliphatic carbocycles. The average Bonchev–Trinajstić information content (AvgIpc) is 2.38. The maximum absolute atomic E-state index is 8.70. The number of aliphatic hydroxyl groups excluding tert-OH is 1. The molecule has 0 saturated heterocycles. The van der Waals surface area contributed by atoms with Gasteiger partial charge in [-0.05, 0) is 31.4 Å². The Hall–Kier alpha value is -0.900. The highest BCUT2D eigenvalue weighted by Crippen LogP contribution is 2.12. The lowest BCUT2D eigenvalue weighted by Gasteiger charge is -2.18. The topological polar surface area (TPSA) is 41.5 Å². The van der Waals surface area contributed by atoms with Crippen LogP contribution in [-0.2, 0) is 4.74 Å². The lowest BCUT2D eigenvalue weighted by atomic mass is 10.1. The Bertz CT molecular complexity index is 277. The van der Waals surface area contributed by atoms with Gasteiger partial charge in [0.05, 0.1) is 12.6 Å². The van der Waals surface area contributed by atoms with Gasteiger partial charge in [-0.25, -0.2) is 0 Å². The van der Waals surface area contributed by atoms with Gasteiger partial charge in [0.15, 0.2) is 0 Å². The second kappa shape index (κ2) is 9.16. The number of ether oxygens (including phenoxy) is 1. The van der Waals surface area contributed by atoms with Gasteiger partial charge in [-0.15, -0.1) is 0 Å². The van der Waals surface area contributed by atoms with Crippen LogP contribution in [0.25, 0.3) is 0 Å². The molecule has 17 heavy (non-hydrogen) atoms. The molecule has 1 atom stereocenters. The molecule has 0 aliphatic heterocycles. The summed E-state index contributed by atoms with van der Waals surface area (Å²) in [7, 11) is 1.73. The summed E-state index contributed by atoms with van der Waals surface area (Å²) in [5, 5.41) is 12.2. The molecule has 0 spiro atoms. The molecule has 1 aromatic carbocycles. The summed E-state index contributed by atoms with van der Waals surface area (Å²) in [5.74, 6) is 0. The molecule has 0 amide bonds. The molecule has 3 nitrogen and oxygen atoms in total. The molecular formula is C14H23NO2. The lowest BCUT2D eigenvalue weighted by molar-refractivity contribution is 0.166. The van der Waals surface area contributed by atoms with E-state index in [0.29, 0.717) is 13.2 Å². The Kier molecular flexibility index (Phi) is 7.63. The molecular weight excluding hydrogens is 214 g/mol. The van der Waals surface area contributed by atoms with Crippen LogP contribution in [0.4, 0.5) is 0 Å². The fourth-order valence-electron chi connectivity index (χ4n) is 1.81. The van der Waals surface area contributed by atoms with Gasteiger partial charge >= 0.3 is 0 Å². The molecule has 0 aromatic heterocycles. The molecule has 3 heteroatoms. The summed E-state index contributed by atoms with van der Waals surface area (Å²) < 4.78 is 5.23. The maximum Gasteiger partial charge on any atom is 0.0657 e. The van der Waals surface area contributed by atoms with Crippen molar-refractivity contribution in [1.29, 1.82) is 0 Å². The minimum Gasteiger partial charge on any atom is -0.396 e. The van der Waals surface area contributed by atoms with Gasteiger partial charge in [0.1, 0.15) is 0 Å². The van der Waals surface area contributed by atoms with Crippen LogP contribution in [0.1, 0.15) is 30.9 Å². The smallest absolute Gasteiger partial charge is 0.0657 e. The highest BCUT2D eigenvalue weighted by atomic mass is 16.5. The first-order valence-electron chi connectivity index (χ1n) is 6.26. The molecule has 0 heterocycles. The van der Waals surface area contributed by atoms with Crippen molar-refractivity contribution in [3.05, 3.63) is 35.9 Å². The van der Waals surface area contributed by atoms with Crippen LogP contribution in [0.3, 0.4) is 0 Å². The van der Waals surface area contributed by atoms with Crippen LogP contribution in [-0.4, -0.2) is 32.0 Å². The van der Waals surface area contributed by atoms with E-state index in [2.05, 4.69) is 17.4 Å². The molecule has 1 unspecified atom stereocenters. The zero-order valence-corrected chi connectivity index (χ0v) is 10.6. The summed E-state index contributed by atoms with van der Waals surface area (Å²) >= 11 is 0. The molecule has 0 radical (unpaired) electrons. The van der Waals surface area contributed by atoms with Gasteiger partial charge in [0.25, 0.3) is 0 Å². The summed E-state index contributed by atoms with van der Waals surface area (Å²) in [5.41, 5.74) is 1.26. The Morgan fingerprint density at radius 2 is 1.94 bits per heavy atom. The van der Waals surface area contributed by atoms with Crippen molar-refractivity contribution in [3.63, 3.8) is 0 Å². The van der Waals surface area contributed by atoms with Gasteiger partial charge in [0.2, 0.25) is 0 Å². The van der Waals surface area contributed by atoms with E-state index in [4.69, 9.17) is 9.84 Å². The van der Waals surface area contributed by atoms with Crippen molar-refractivity contribution in [2.24, 2.45) is 0 Å². The summed E-state index contributed by atoms with van der Waals surface area (Å²) in [6, 6.07) is 10.6. The first-order valence-corrected chi connectivity index (χ1v) is 6.26. The molecule has 0 bridgehead atoms. The molecule has 1 rings (SSSR count). The Morgan fingerprint density at radius 3 is 2.59 bits per heavy atom. The van der Waals surface area contributed by atoms with E-state index in [1.54, 1.807) is 7.11 Å². The van der Waals surface area contributed by atoms with Crippen LogP contribution in [0.15, 0.2) is 30.3 Å². The van der Waals surface area contributed by atoms with E-state index < -0.39 is 0 Å². The van der Waals surface area contributed by atoms with Gasteiger partial charge in [-0.1, -0.05) is 30.3 Å². The van der Waals surface area contributed by atoms with Gasteiger partial charge < -0.3 is 15.2 Å². The zero-order chi connectivity index (χ0) is 12.3. The number of rotatable bonds is 9. The third kappa shape index (κ3) is 5.82. The highest BCUT2D eigenvalue weighted by molar-refractivity contribution is 5.18. The van der Waals surface area contributed by atoms with E-state index in [9.17, 15) is 0 Å². The fraction of sp³-hybridized carbons (Fsp3) is 0.571. The van der Waals surface area contributed by atoms with Crippen molar-refractivity contribution in [3.8, 4) is 0 Å². The quantitative estimate of drug-likeness (QED) is 0.646. The van der Waals surface area contributed by atoms with Crippen LogP contribution >= 0.6 is 0 Å². The Balaban J connectivity index is 2.33. The lowest BCUT2D eigenvalue weighted by Crippen LogP contribution is -2.26. The number of aliphatic hydroxyl groups is 1. The zero-order valence-electron chi connectivity index (χ0n) is 10.6.